The van der Waals surface area contributed by atoms with Gasteiger partial charge >= 0.3 is 0 Å². The summed E-state index contributed by atoms with van der Waals surface area (Å²) in [5, 5.41) is 12.3. The molecule has 0 saturated carbocycles. The van der Waals surface area contributed by atoms with Gasteiger partial charge in [-0.15, -0.1) is 11.8 Å². The number of benzene rings is 1. The van der Waals surface area contributed by atoms with Crippen LogP contribution in [-0.4, -0.2) is 12.8 Å². The molecule has 1 aromatic rings. The largest absolute Gasteiger partial charge is 0.298 e. The third-order valence-corrected chi connectivity index (χ3v) is 3.20. The van der Waals surface area contributed by atoms with Crippen LogP contribution in [0.1, 0.15) is 31.4 Å². The van der Waals surface area contributed by atoms with Crippen LogP contribution >= 0.6 is 11.8 Å². The first-order valence-corrected chi connectivity index (χ1v) is 6.81. The molecular weight excluding hydrogens is 216 g/mol. The van der Waals surface area contributed by atoms with Crippen LogP contribution in [0.5, 0.6) is 0 Å². The zero-order valence-electron chi connectivity index (χ0n) is 9.86. The number of unbranched alkanes of at least 4 members (excludes halogenated alkanes) is 1. The molecule has 16 heavy (non-hydrogen) atoms. The molecule has 3 heteroatoms. The van der Waals surface area contributed by atoms with Gasteiger partial charge in [0.05, 0.1) is 6.07 Å². The number of nitriles is 1. The van der Waals surface area contributed by atoms with Gasteiger partial charge < -0.3 is 0 Å². The molecule has 1 N–H and O–H groups in total. The number of hydrogen-bond donors (Lipinski definition) is 1. The maximum absolute atomic E-state index is 9.09. The van der Waals surface area contributed by atoms with Gasteiger partial charge in [-0.3, -0.25) is 5.32 Å². The average molecular weight is 234 g/mol. The van der Waals surface area contributed by atoms with Crippen molar-refractivity contribution in [1.82, 2.24) is 5.32 Å². The number of nitrogens with one attached hydrogen (secondary N) is 1. The fraction of sp³-hybridized carbons (Fsp3) is 0.462. The molecule has 0 bridgehead atoms. The molecule has 86 valence electrons. The second-order valence-electron chi connectivity index (χ2n) is 3.64. The lowest BCUT2D eigenvalue weighted by atomic mass is 10.1. The smallest absolute Gasteiger partial charge is 0.121 e. The van der Waals surface area contributed by atoms with E-state index in [0.29, 0.717) is 0 Å². The molecular formula is C13H18N2S. The Balaban J connectivity index is 2.61. The molecule has 1 rings (SSSR count). The fourth-order valence-electron chi connectivity index (χ4n) is 1.46. The fourth-order valence-corrected chi connectivity index (χ4v) is 1.87. The van der Waals surface area contributed by atoms with Gasteiger partial charge in [0.15, 0.2) is 0 Å². The van der Waals surface area contributed by atoms with E-state index in [4.69, 9.17) is 5.26 Å². The van der Waals surface area contributed by atoms with Gasteiger partial charge in [-0.05, 0) is 36.9 Å². The summed E-state index contributed by atoms with van der Waals surface area (Å²) in [6.07, 6.45) is 4.31. The summed E-state index contributed by atoms with van der Waals surface area (Å²) >= 11 is 1.71. The van der Waals surface area contributed by atoms with Crippen LogP contribution in [0.4, 0.5) is 0 Å². The molecule has 1 aromatic carbocycles. The summed E-state index contributed by atoms with van der Waals surface area (Å²) in [4.78, 5) is 1.23. The van der Waals surface area contributed by atoms with Crippen molar-refractivity contribution in [2.75, 3.05) is 12.8 Å². The van der Waals surface area contributed by atoms with Gasteiger partial charge in [0.1, 0.15) is 6.04 Å². The van der Waals surface area contributed by atoms with E-state index < -0.39 is 0 Å². The lowest BCUT2D eigenvalue weighted by molar-refractivity contribution is 0.597. The summed E-state index contributed by atoms with van der Waals surface area (Å²) in [5.41, 5.74) is 1.05. The zero-order chi connectivity index (χ0) is 11.8. The van der Waals surface area contributed by atoms with Crippen molar-refractivity contribution >= 4 is 11.8 Å². The molecule has 0 saturated heterocycles. The topological polar surface area (TPSA) is 35.8 Å². The average Bonchev–Trinajstić information content (AvgIpc) is 2.35. The van der Waals surface area contributed by atoms with E-state index in [1.54, 1.807) is 11.8 Å². The molecule has 0 heterocycles. The normalized spacial score (nSPS) is 12.1. The molecule has 1 unspecified atom stereocenters. The Morgan fingerprint density at radius 2 is 2.06 bits per heavy atom. The number of rotatable bonds is 6. The third-order valence-electron chi connectivity index (χ3n) is 2.46. The number of hydrogen-bond acceptors (Lipinski definition) is 3. The summed E-state index contributed by atoms with van der Waals surface area (Å²) < 4.78 is 0. The lowest BCUT2D eigenvalue weighted by Gasteiger charge is -2.11. The first kappa shape index (κ1) is 13.1. The van der Waals surface area contributed by atoms with Gasteiger partial charge in [-0.25, -0.2) is 0 Å². The molecule has 0 aromatic heterocycles. The molecule has 0 radical (unpaired) electrons. The Kier molecular flexibility index (Phi) is 5.99. The first-order valence-electron chi connectivity index (χ1n) is 5.58. The Morgan fingerprint density at radius 3 is 2.56 bits per heavy atom. The van der Waals surface area contributed by atoms with Crippen molar-refractivity contribution in [3.05, 3.63) is 29.8 Å². The van der Waals surface area contributed by atoms with E-state index in [9.17, 15) is 0 Å². The van der Waals surface area contributed by atoms with Crippen LogP contribution in [-0.2, 0) is 0 Å². The summed E-state index contributed by atoms with van der Waals surface area (Å²) in [6.45, 7) is 3.05. The SMILES string of the molecule is CCCCNC(C#N)c1ccc(SC)cc1. The standard InChI is InChI=1S/C13H18N2S/c1-3-4-9-15-13(10-14)11-5-7-12(16-2)8-6-11/h5-8,13,15H,3-4,9H2,1-2H3. The molecule has 0 spiro atoms. The van der Waals surface area contributed by atoms with Gasteiger partial charge in [-0.2, -0.15) is 5.26 Å². The van der Waals surface area contributed by atoms with Crippen LogP contribution in [0.15, 0.2) is 29.2 Å². The molecule has 0 aliphatic heterocycles. The minimum Gasteiger partial charge on any atom is -0.298 e. The van der Waals surface area contributed by atoms with Crippen LogP contribution in [0.2, 0.25) is 0 Å². The highest BCUT2D eigenvalue weighted by Gasteiger charge is 2.08. The zero-order valence-corrected chi connectivity index (χ0v) is 10.7. The van der Waals surface area contributed by atoms with Crippen LogP contribution in [0.3, 0.4) is 0 Å². The van der Waals surface area contributed by atoms with Crippen LogP contribution in [0.25, 0.3) is 0 Å². The number of nitrogens with zero attached hydrogens (tertiary/aromatic N) is 1. The Morgan fingerprint density at radius 1 is 1.38 bits per heavy atom. The molecule has 0 aliphatic rings. The second-order valence-corrected chi connectivity index (χ2v) is 4.52. The predicted molar refractivity (Wildman–Crippen MR) is 69.5 cm³/mol. The van der Waals surface area contributed by atoms with Crippen molar-refractivity contribution < 1.29 is 0 Å². The van der Waals surface area contributed by atoms with Crippen LogP contribution < -0.4 is 5.32 Å². The molecule has 2 nitrogen and oxygen atoms in total. The quantitative estimate of drug-likeness (QED) is 0.605. The van der Waals surface area contributed by atoms with Gasteiger partial charge in [0.2, 0.25) is 0 Å². The molecule has 0 amide bonds. The molecule has 0 fully saturated rings. The summed E-state index contributed by atoms with van der Waals surface area (Å²) in [5.74, 6) is 0. The molecule has 1 atom stereocenters. The Hall–Kier alpha value is -0.980. The van der Waals surface area contributed by atoms with E-state index in [-0.39, 0.29) is 6.04 Å². The maximum Gasteiger partial charge on any atom is 0.121 e. The van der Waals surface area contributed by atoms with Crippen molar-refractivity contribution in [1.29, 1.82) is 5.26 Å². The van der Waals surface area contributed by atoms with E-state index in [0.717, 1.165) is 24.9 Å². The van der Waals surface area contributed by atoms with E-state index in [1.165, 1.54) is 4.90 Å². The van der Waals surface area contributed by atoms with Crippen molar-refractivity contribution in [2.45, 2.75) is 30.7 Å². The lowest BCUT2D eigenvalue weighted by Crippen LogP contribution is -2.20. The van der Waals surface area contributed by atoms with Gasteiger partial charge in [-0.1, -0.05) is 25.5 Å². The predicted octanol–water partition coefficient (Wildman–Crippen LogP) is 3.36. The Labute approximate surface area is 102 Å². The van der Waals surface area contributed by atoms with Gasteiger partial charge in [0.25, 0.3) is 0 Å². The highest BCUT2D eigenvalue weighted by atomic mass is 32.2. The van der Waals surface area contributed by atoms with Gasteiger partial charge in [0, 0.05) is 4.90 Å². The maximum atomic E-state index is 9.09. The summed E-state index contributed by atoms with van der Waals surface area (Å²) in [7, 11) is 0. The van der Waals surface area contributed by atoms with Crippen molar-refractivity contribution in [3.8, 4) is 6.07 Å². The minimum atomic E-state index is -0.178. The highest BCUT2D eigenvalue weighted by Crippen LogP contribution is 2.18. The van der Waals surface area contributed by atoms with E-state index >= 15 is 0 Å². The van der Waals surface area contributed by atoms with Crippen molar-refractivity contribution in [2.24, 2.45) is 0 Å². The molecule has 0 aliphatic carbocycles. The van der Waals surface area contributed by atoms with Crippen LogP contribution in [0, 0.1) is 11.3 Å². The minimum absolute atomic E-state index is 0.178. The van der Waals surface area contributed by atoms with E-state index in [2.05, 4.69) is 36.7 Å². The highest BCUT2D eigenvalue weighted by molar-refractivity contribution is 7.98. The van der Waals surface area contributed by atoms with E-state index in [1.807, 2.05) is 12.1 Å². The first-order chi connectivity index (χ1) is 7.81. The van der Waals surface area contributed by atoms with Crippen molar-refractivity contribution in [3.63, 3.8) is 0 Å². The second kappa shape index (κ2) is 7.32. The summed E-state index contributed by atoms with van der Waals surface area (Å²) in [6, 6.07) is 10.3. The Bertz CT molecular complexity index is 340. The third kappa shape index (κ3) is 3.88. The monoisotopic (exact) mass is 234 g/mol. The number of thioether (sulfide) groups is 1.